The molecule has 0 saturated heterocycles. The summed E-state index contributed by atoms with van der Waals surface area (Å²) in [7, 11) is -1.75. The van der Waals surface area contributed by atoms with Crippen LogP contribution in [0.3, 0.4) is 0 Å². The number of carbonyl (C=O) groups excluding carboxylic acids is 1. The number of ether oxygens (including phenoxy) is 1. The SMILES string of the molecule is C[C@H](CO)N1C[C@H](C)[C@@H](CN(C)CC2CC2)Oc2ccc(NS(=O)(=O)c3ccc(Cl)cc3)cc2CC1=O. The molecule has 0 radical (unpaired) electrons. The van der Waals surface area contributed by atoms with Crippen LogP contribution in [0.2, 0.25) is 5.02 Å². The highest BCUT2D eigenvalue weighted by Crippen LogP contribution is 2.32. The fourth-order valence-corrected chi connectivity index (χ4v) is 5.84. The lowest BCUT2D eigenvalue weighted by atomic mass is 10.0. The van der Waals surface area contributed by atoms with E-state index in [2.05, 4.69) is 23.6 Å². The molecule has 0 unspecified atom stereocenters. The number of rotatable bonds is 9. The number of fused-ring (bicyclic) bond motifs is 1. The largest absolute Gasteiger partial charge is 0.488 e. The second-order valence-electron chi connectivity index (χ2n) is 10.4. The average molecular weight is 550 g/mol. The summed E-state index contributed by atoms with van der Waals surface area (Å²) >= 11 is 5.90. The van der Waals surface area contributed by atoms with Crippen LogP contribution in [0.4, 0.5) is 5.69 Å². The number of aliphatic hydroxyl groups excluding tert-OH is 1. The number of nitrogens with zero attached hydrogens (tertiary/aromatic N) is 2. The van der Waals surface area contributed by atoms with Gasteiger partial charge in [0, 0.05) is 41.8 Å². The zero-order valence-corrected chi connectivity index (χ0v) is 23.1. The van der Waals surface area contributed by atoms with Crippen molar-refractivity contribution < 1.29 is 23.1 Å². The van der Waals surface area contributed by atoms with E-state index in [-0.39, 0.29) is 41.9 Å². The van der Waals surface area contributed by atoms with Gasteiger partial charge in [0.25, 0.3) is 10.0 Å². The molecule has 1 fully saturated rings. The molecule has 4 rings (SSSR count). The fourth-order valence-electron chi connectivity index (χ4n) is 4.66. The van der Waals surface area contributed by atoms with Gasteiger partial charge >= 0.3 is 0 Å². The Morgan fingerprint density at radius 1 is 1.19 bits per heavy atom. The van der Waals surface area contributed by atoms with Crippen LogP contribution < -0.4 is 9.46 Å². The predicted octanol–water partition coefficient (Wildman–Crippen LogP) is 3.63. The molecule has 202 valence electrons. The molecule has 1 heterocycles. The van der Waals surface area contributed by atoms with Gasteiger partial charge in [0.1, 0.15) is 11.9 Å². The zero-order valence-electron chi connectivity index (χ0n) is 21.6. The lowest BCUT2D eigenvalue weighted by Gasteiger charge is -2.34. The number of benzene rings is 2. The van der Waals surface area contributed by atoms with Gasteiger partial charge in [0.15, 0.2) is 0 Å². The van der Waals surface area contributed by atoms with Gasteiger partial charge in [0.05, 0.1) is 24.0 Å². The molecule has 1 aliphatic heterocycles. The Morgan fingerprint density at radius 3 is 2.54 bits per heavy atom. The van der Waals surface area contributed by atoms with E-state index in [1.807, 2.05) is 6.92 Å². The van der Waals surface area contributed by atoms with E-state index in [0.717, 1.165) is 12.5 Å². The van der Waals surface area contributed by atoms with Crippen molar-refractivity contribution in [2.75, 3.05) is 38.0 Å². The van der Waals surface area contributed by atoms with Gasteiger partial charge < -0.3 is 19.6 Å². The monoisotopic (exact) mass is 549 g/mol. The quantitative estimate of drug-likeness (QED) is 0.495. The standard InChI is InChI=1S/C27H36ClN3O5S/c1-18-14-31(19(2)17-32)27(33)13-21-12-23(29-37(34,35)24-9-6-22(28)7-10-24)8-11-25(21)36-26(18)16-30(3)15-20-4-5-20/h6-12,18-20,26,29,32H,4-5,13-17H2,1-3H3/t18-,19+,26+/m0/s1. The number of hydrogen-bond acceptors (Lipinski definition) is 6. The number of likely N-dealkylation sites (N-methyl/N-ethyl adjacent to an activating group) is 1. The van der Waals surface area contributed by atoms with E-state index >= 15 is 0 Å². The van der Waals surface area contributed by atoms with Crippen molar-refractivity contribution in [3.05, 3.63) is 53.1 Å². The van der Waals surface area contributed by atoms with Crippen molar-refractivity contribution in [2.24, 2.45) is 11.8 Å². The molecule has 3 atom stereocenters. The van der Waals surface area contributed by atoms with E-state index < -0.39 is 10.0 Å². The van der Waals surface area contributed by atoms with Crippen LogP contribution in [0.15, 0.2) is 47.4 Å². The molecule has 2 N–H and O–H groups in total. The summed E-state index contributed by atoms with van der Waals surface area (Å²) < 4.78 is 35.0. The molecule has 37 heavy (non-hydrogen) atoms. The van der Waals surface area contributed by atoms with E-state index in [1.54, 1.807) is 23.1 Å². The molecule has 2 aromatic carbocycles. The van der Waals surface area contributed by atoms with Crippen LogP contribution in [-0.2, 0) is 21.2 Å². The fraction of sp³-hybridized carbons (Fsp3) is 0.519. The Labute approximate surface area is 224 Å². The van der Waals surface area contributed by atoms with E-state index in [9.17, 15) is 18.3 Å². The molecule has 1 aliphatic carbocycles. The maximum atomic E-state index is 13.4. The molecule has 8 nitrogen and oxygen atoms in total. The van der Waals surface area contributed by atoms with Gasteiger partial charge in [-0.1, -0.05) is 18.5 Å². The Morgan fingerprint density at radius 2 is 1.89 bits per heavy atom. The van der Waals surface area contributed by atoms with Crippen molar-refractivity contribution in [3.63, 3.8) is 0 Å². The minimum absolute atomic E-state index is 0.0219. The minimum atomic E-state index is -3.85. The van der Waals surface area contributed by atoms with Gasteiger partial charge in [-0.2, -0.15) is 0 Å². The highest BCUT2D eigenvalue weighted by Gasteiger charge is 2.32. The number of carbonyl (C=O) groups is 1. The third kappa shape index (κ3) is 7.16. The Balaban J connectivity index is 1.63. The molecule has 10 heteroatoms. The number of amides is 1. The first kappa shape index (κ1) is 27.7. The first-order chi connectivity index (χ1) is 17.6. The Bertz CT molecular complexity index is 1200. The summed E-state index contributed by atoms with van der Waals surface area (Å²) in [5.74, 6) is 1.20. The molecule has 0 bridgehead atoms. The number of sulfonamides is 1. The molecule has 0 spiro atoms. The second kappa shape index (κ2) is 11.6. The van der Waals surface area contributed by atoms with E-state index in [1.165, 1.54) is 37.1 Å². The molecule has 2 aromatic rings. The smallest absolute Gasteiger partial charge is 0.261 e. The Kier molecular flexibility index (Phi) is 8.68. The normalized spacial score (nSPS) is 21.5. The lowest BCUT2D eigenvalue weighted by molar-refractivity contribution is -0.134. The van der Waals surface area contributed by atoms with Gasteiger partial charge in [0.2, 0.25) is 5.91 Å². The third-order valence-corrected chi connectivity index (χ3v) is 8.70. The van der Waals surface area contributed by atoms with Crippen LogP contribution in [-0.4, -0.2) is 74.7 Å². The molecule has 1 amide bonds. The van der Waals surface area contributed by atoms with Crippen LogP contribution >= 0.6 is 11.6 Å². The average Bonchev–Trinajstić information content (AvgIpc) is 3.65. The Hall–Kier alpha value is -2.33. The van der Waals surface area contributed by atoms with Gasteiger partial charge in [-0.25, -0.2) is 8.42 Å². The van der Waals surface area contributed by atoms with Crippen LogP contribution in [0.1, 0.15) is 32.3 Å². The maximum Gasteiger partial charge on any atom is 0.261 e. The lowest BCUT2D eigenvalue weighted by Crippen LogP contribution is -2.47. The third-order valence-electron chi connectivity index (χ3n) is 7.05. The highest BCUT2D eigenvalue weighted by atomic mass is 35.5. The van der Waals surface area contributed by atoms with Crippen LogP contribution in [0, 0.1) is 11.8 Å². The molecule has 1 saturated carbocycles. The van der Waals surface area contributed by atoms with E-state index in [4.69, 9.17) is 16.3 Å². The first-order valence-corrected chi connectivity index (χ1v) is 14.6. The number of hydrogen-bond donors (Lipinski definition) is 2. The number of anilines is 1. The van der Waals surface area contributed by atoms with Gasteiger partial charge in [-0.05, 0) is 75.2 Å². The summed E-state index contributed by atoms with van der Waals surface area (Å²) in [6.45, 7) is 5.94. The van der Waals surface area contributed by atoms with Gasteiger partial charge in [-0.3, -0.25) is 9.52 Å². The summed E-state index contributed by atoms with van der Waals surface area (Å²) in [6, 6.07) is 10.6. The molecule has 0 aromatic heterocycles. The van der Waals surface area contributed by atoms with Crippen molar-refractivity contribution >= 4 is 33.2 Å². The van der Waals surface area contributed by atoms with Crippen molar-refractivity contribution in [3.8, 4) is 5.75 Å². The second-order valence-corrected chi connectivity index (χ2v) is 12.6. The predicted molar refractivity (Wildman–Crippen MR) is 144 cm³/mol. The summed E-state index contributed by atoms with van der Waals surface area (Å²) in [6.07, 6.45) is 2.38. The maximum absolute atomic E-state index is 13.4. The highest BCUT2D eigenvalue weighted by molar-refractivity contribution is 7.92. The molecule has 2 aliphatic rings. The number of aliphatic hydroxyl groups is 1. The first-order valence-electron chi connectivity index (χ1n) is 12.7. The topological polar surface area (TPSA) is 99.2 Å². The van der Waals surface area contributed by atoms with Crippen LogP contribution in [0.5, 0.6) is 5.75 Å². The minimum Gasteiger partial charge on any atom is -0.488 e. The summed E-state index contributed by atoms with van der Waals surface area (Å²) in [4.78, 5) is 17.4. The molecular weight excluding hydrogens is 514 g/mol. The number of nitrogens with one attached hydrogen (secondary N) is 1. The van der Waals surface area contributed by atoms with Crippen molar-refractivity contribution in [1.29, 1.82) is 0 Å². The van der Waals surface area contributed by atoms with E-state index in [0.29, 0.717) is 35.1 Å². The van der Waals surface area contributed by atoms with Crippen molar-refractivity contribution in [1.82, 2.24) is 9.80 Å². The zero-order chi connectivity index (χ0) is 26.7. The van der Waals surface area contributed by atoms with Crippen LogP contribution in [0.25, 0.3) is 0 Å². The van der Waals surface area contributed by atoms with Crippen molar-refractivity contribution in [2.45, 2.75) is 50.2 Å². The summed E-state index contributed by atoms with van der Waals surface area (Å²) in [5, 5.41) is 10.3. The molecular formula is C27H36ClN3O5S. The van der Waals surface area contributed by atoms with Gasteiger partial charge in [-0.15, -0.1) is 0 Å². The summed E-state index contributed by atoms with van der Waals surface area (Å²) in [5.41, 5.74) is 0.932. The number of halogens is 1.